The molecule has 4 aliphatic heterocycles. The third-order valence-corrected chi connectivity index (χ3v) is 9.68. The molecule has 4 saturated heterocycles. The van der Waals surface area contributed by atoms with Gasteiger partial charge in [0.2, 0.25) is 0 Å². The van der Waals surface area contributed by atoms with Crippen molar-refractivity contribution in [1.82, 2.24) is 25.2 Å². The molecule has 2 N–H and O–H groups in total. The summed E-state index contributed by atoms with van der Waals surface area (Å²) >= 11 is 0. The number of piperazine rings is 1. The molecular formula is C31H32FN7O. The number of nitriles is 1. The van der Waals surface area contributed by atoms with E-state index in [0.29, 0.717) is 46.2 Å². The van der Waals surface area contributed by atoms with E-state index in [0.717, 1.165) is 63.2 Å². The van der Waals surface area contributed by atoms with Crippen molar-refractivity contribution in [3.8, 4) is 23.2 Å². The zero-order chi connectivity index (χ0) is 26.8. The van der Waals surface area contributed by atoms with Crippen LogP contribution < -0.4 is 15.0 Å². The number of hydrogen-bond donors (Lipinski definition) is 2. The molecule has 8 nitrogen and oxygen atoms in total. The van der Waals surface area contributed by atoms with Crippen LogP contribution in [0.1, 0.15) is 44.1 Å². The summed E-state index contributed by atoms with van der Waals surface area (Å²) in [4.78, 5) is 17.7. The topological polar surface area (TPSA) is 93.1 Å². The van der Waals surface area contributed by atoms with Crippen molar-refractivity contribution in [3.05, 3.63) is 47.9 Å². The SMILES string of the molecule is N#Cc1cccc2[nH]cc(-c3ccc4c(N5CC6CCC(C5)N6)nc(OCC56CCCN5CCC6)nc4c3F)c12. The Bertz CT molecular complexity index is 1650. The molecule has 9 heteroatoms. The van der Waals surface area contributed by atoms with Crippen molar-refractivity contribution in [2.45, 2.75) is 56.1 Å². The minimum absolute atomic E-state index is 0.0464. The van der Waals surface area contributed by atoms with Crippen LogP contribution in [0, 0.1) is 17.1 Å². The maximum absolute atomic E-state index is 16.6. The Balaban J connectivity index is 1.25. The number of halogens is 1. The Morgan fingerprint density at radius 1 is 1.05 bits per heavy atom. The van der Waals surface area contributed by atoms with E-state index >= 15 is 4.39 Å². The average molecular weight is 538 g/mol. The standard InChI is InChI=1S/C31H32FN7O/c32-27-22(24-15-34-25-5-1-4-19(14-33)26(24)25)8-9-23-28(27)36-30(40-18-31-10-2-12-39(31)13-3-11-31)37-29(23)38-16-20-6-7-21(17-38)35-20/h1,4-5,8-9,15,20-21,34-35H,2-3,6-7,10-13,16-18H2. The quantitative estimate of drug-likeness (QED) is 0.380. The van der Waals surface area contributed by atoms with Crippen molar-refractivity contribution in [2.24, 2.45) is 0 Å². The molecule has 2 bridgehead atoms. The van der Waals surface area contributed by atoms with Gasteiger partial charge in [-0.25, -0.2) is 4.39 Å². The number of nitrogens with zero attached hydrogens (tertiary/aromatic N) is 5. The summed E-state index contributed by atoms with van der Waals surface area (Å²) in [7, 11) is 0. The van der Waals surface area contributed by atoms with Gasteiger partial charge in [-0.05, 0) is 69.8 Å². The molecule has 2 unspecified atom stereocenters. The lowest BCUT2D eigenvalue weighted by molar-refractivity contribution is 0.108. The second-order valence-corrected chi connectivity index (χ2v) is 11.9. The number of aromatic nitrogens is 3. The molecule has 0 spiro atoms. The van der Waals surface area contributed by atoms with Crippen LogP contribution in [-0.4, -0.2) is 70.3 Å². The molecule has 2 aromatic heterocycles. The number of anilines is 1. The number of benzene rings is 2. The first-order valence-electron chi connectivity index (χ1n) is 14.5. The molecule has 4 aliphatic rings. The second-order valence-electron chi connectivity index (χ2n) is 11.9. The summed E-state index contributed by atoms with van der Waals surface area (Å²) in [5.74, 6) is 0.326. The Labute approximate surface area is 232 Å². The summed E-state index contributed by atoms with van der Waals surface area (Å²) in [5.41, 5.74) is 2.68. The van der Waals surface area contributed by atoms with Gasteiger partial charge in [-0.3, -0.25) is 4.90 Å². The summed E-state index contributed by atoms with van der Waals surface area (Å²) < 4.78 is 22.9. The molecule has 40 heavy (non-hydrogen) atoms. The lowest BCUT2D eigenvalue weighted by Crippen LogP contribution is -2.51. The smallest absolute Gasteiger partial charge is 0.319 e. The summed E-state index contributed by atoms with van der Waals surface area (Å²) in [6.45, 7) is 4.42. The highest BCUT2D eigenvalue weighted by Crippen LogP contribution is 2.41. The number of rotatable bonds is 5. The predicted octanol–water partition coefficient (Wildman–Crippen LogP) is 4.74. The van der Waals surface area contributed by atoms with Crippen LogP contribution >= 0.6 is 0 Å². The summed E-state index contributed by atoms with van der Waals surface area (Å²) in [5, 5.41) is 14.8. The van der Waals surface area contributed by atoms with Gasteiger partial charge in [0.25, 0.3) is 0 Å². The molecule has 4 aromatic rings. The predicted molar refractivity (Wildman–Crippen MR) is 152 cm³/mol. The van der Waals surface area contributed by atoms with E-state index in [9.17, 15) is 5.26 Å². The Kier molecular flexibility index (Phi) is 5.51. The highest BCUT2D eigenvalue weighted by molar-refractivity contribution is 6.02. The number of hydrogen-bond acceptors (Lipinski definition) is 7. The third kappa shape index (κ3) is 3.70. The van der Waals surface area contributed by atoms with Crippen LogP contribution in [0.4, 0.5) is 10.2 Å². The molecule has 0 aliphatic carbocycles. The van der Waals surface area contributed by atoms with Crippen LogP contribution in [0.5, 0.6) is 6.01 Å². The van der Waals surface area contributed by atoms with Crippen LogP contribution in [-0.2, 0) is 0 Å². The fourth-order valence-corrected chi connectivity index (χ4v) is 7.76. The highest BCUT2D eigenvalue weighted by atomic mass is 19.1. The first-order valence-corrected chi connectivity index (χ1v) is 14.5. The van der Waals surface area contributed by atoms with Crippen molar-refractivity contribution in [3.63, 3.8) is 0 Å². The summed E-state index contributed by atoms with van der Waals surface area (Å²) in [6, 6.07) is 12.5. The molecule has 8 rings (SSSR count). The van der Waals surface area contributed by atoms with Gasteiger partial charge in [0.15, 0.2) is 5.82 Å². The van der Waals surface area contributed by atoms with E-state index in [1.165, 1.54) is 12.8 Å². The minimum Gasteiger partial charge on any atom is -0.461 e. The molecule has 2 aromatic carbocycles. The first kappa shape index (κ1) is 24.1. The van der Waals surface area contributed by atoms with Gasteiger partial charge in [0.1, 0.15) is 17.9 Å². The molecule has 0 saturated carbocycles. The van der Waals surface area contributed by atoms with Gasteiger partial charge in [0.05, 0.1) is 17.2 Å². The fourth-order valence-electron chi connectivity index (χ4n) is 7.76. The van der Waals surface area contributed by atoms with Crippen LogP contribution in [0.15, 0.2) is 36.5 Å². The maximum Gasteiger partial charge on any atom is 0.319 e. The van der Waals surface area contributed by atoms with E-state index in [4.69, 9.17) is 14.7 Å². The average Bonchev–Trinajstić information content (AvgIpc) is 3.75. The number of aromatic amines is 1. The van der Waals surface area contributed by atoms with Gasteiger partial charge in [-0.2, -0.15) is 15.2 Å². The molecule has 0 amide bonds. The van der Waals surface area contributed by atoms with Gasteiger partial charge in [0, 0.05) is 58.8 Å². The molecule has 0 radical (unpaired) electrons. The summed E-state index contributed by atoms with van der Waals surface area (Å²) in [6.07, 6.45) is 8.67. The van der Waals surface area contributed by atoms with Crippen LogP contribution in [0.25, 0.3) is 32.9 Å². The molecule has 6 heterocycles. The second kappa shape index (κ2) is 9.15. The number of fused-ring (bicyclic) bond motifs is 5. The first-order chi connectivity index (χ1) is 19.6. The van der Waals surface area contributed by atoms with E-state index in [2.05, 4.69) is 26.2 Å². The Morgan fingerprint density at radius 2 is 1.85 bits per heavy atom. The van der Waals surface area contributed by atoms with E-state index in [1.54, 1.807) is 18.3 Å². The minimum atomic E-state index is -0.417. The molecule has 2 atom stereocenters. The largest absolute Gasteiger partial charge is 0.461 e. The molecule has 4 fully saturated rings. The highest BCUT2D eigenvalue weighted by Gasteiger charge is 2.45. The van der Waals surface area contributed by atoms with Crippen molar-refractivity contribution >= 4 is 27.6 Å². The Hall–Kier alpha value is -3.74. The number of nitrogens with one attached hydrogen (secondary N) is 2. The van der Waals surface area contributed by atoms with Crippen LogP contribution in [0.3, 0.4) is 0 Å². The number of ether oxygens (including phenoxy) is 1. The van der Waals surface area contributed by atoms with Gasteiger partial charge in [-0.15, -0.1) is 0 Å². The lowest BCUT2D eigenvalue weighted by Gasteiger charge is -2.34. The van der Waals surface area contributed by atoms with E-state index < -0.39 is 5.82 Å². The molecular weight excluding hydrogens is 505 g/mol. The normalized spacial score (nSPS) is 23.6. The third-order valence-electron chi connectivity index (χ3n) is 9.68. The van der Waals surface area contributed by atoms with Gasteiger partial charge in [-0.1, -0.05) is 12.1 Å². The van der Waals surface area contributed by atoms with Crippen molar-refractivity contribution in [2.75, 3.05) is 37.7 Å². The van der Waals surface area contributed by atoms with Gasteiger partial charge >= 0.3 is 6.01 Å². The van der Waals surface area contributed by atoms with Crippen molar-refractivity contribution < 1.29 is 9.13 Å². The zero-order valence-electron chi connectivity index (χ0n) is 22.4. The van der Waals surface area contributed by atoms with Gasteiger partial charge < -0.3 is 19.9 Å². The lowest BCUT2D eigenvalue weighted by atomic mass is 9.95. The van der Waals surface area contributed by atoms with E-state index in [1.807, 2.05) is 18.2 Å². The van der Waals surface area contributed by atoms with Crippen molar-refractivity contribution in [1.29, 1.82) is 5.26 Å². The van der Waals surface area contributed by atoms with Crippen LogP contribution in [0.2, 0.25) is 0 Å². The van der Waals surface area contributed by atoms with E-state index in [-0.39, 0.29) is 17.1 Å². The zero-order valence-corrected chi connectivity index (χ0v) is 22.4. The maximum atomic E-state index is 16.6. The number of H-pyrrole nitrogens is 1. The monoisotopic (exact) mass is 537 g/mol. The molecule has 204 valence electrons. The fraction of sp³-hybridized carbons (Fsp3) is 0.452. The Morgan fingerprint density at radius 3 is 2.62 bits per heavy atom.